The second-order valence-electron chi connectivity index (χ2n) is 7.00. The maximum atomic E-state index is 12.9. The number of aliphatic hydroxyl groups is 1. The van der Waals surface area contributed by atoms with Crippen molar-refractivity contribution >= 4 is 29.1 Å². The van der Waals surface area contributed by atoms with Gasteiger partial charge in [-0.05, 0) is 42.7 Å². The number of carbonyl (C=O) groups excluding carboxylic acids is 2. The van der Waals surface area contributed by atoms with Crippen LogP contribution in [0.2, 0.25) is 5.02 Å². The first-order valence-corrected chi connectivity index (χ1v) is 9.65. The minimum atomic E-state index is -0.681. The van der Waals surface area contributed by atoms with Crippen LogP contribution in [-0.4, -0.2) is 41.0 Å². The molecule has 1 amide bonds. The lowest BCUT2D eigenvalue weighted by Crippen LogP contribution is -2.36. The molecule has 2 aliphatic rings. The van der Waals surface area contributed by atoms with E-state index in [1.165, 1.54) is 4.90 Å². The van der Waals surface area contributed by atoms with Crippen molar-refractivity contribution in [3.63, 3.8) is 0 Å². The molecule has 0 aromatic heterocycles. The molecule has 2 fully saturated rings. The summed E-state index contributed by atoms with van der Waals surface area (Å²) in [5, 5.41) is 11.4. The summed E-state index contributed by atoms with van der Waals surface area (Å²) in [5.74, 6) is -1.49. The third kappa shape index (κ3) is 3.43. The summed E-state index contributed by atoms with van der Waals surface area (Å²) >= 11 is 5.93. The predicted octanol–water partition coefficient (Wildman–Crippen LogP) is 3.94. The molecule has 2 aliphatic heterocycles. The summed E-state index contributed by atoms with van der Waals surface area (Å²) in [6, 6.07) is 15.2. The van der Waals surface area contributed by atoms with E-state index in [4.69, 9.17) is 16.3 Å². The number of hydrogen-bond donors (Lipinski definition) is 1. The van der Waals surface area contributed by atoms with Gasteiger partial charge < -0.3 is 14.7 Å². The number of ketones is 1. The van der Waals surface area contributed by atoms with Crippen LogP contribution >= 0.6 is 11.6 Å². The fraction of sp³-hybridized carbons (Fsp3) is 0.273. The highest BCUT2D eigenvalue weighted by atomic mass is 35.5. The molecule has 6 heteroatoms. The lowest BCUT2D eigenvalue weighted by Gasteiger charge is -2.27. The zero-order chi connectivity index (χ0) is 19.7. The lowest BCUT2D eigenvalue weighted by molar-refractivity contribution is -0.140. The van der Waals surface area contributed by atoms with Crippen molar-refractivity contribution in [2.45, 2.75) is 25.0 Å². The smallest absolute Gasteiger partial charge is 0.295 e. The van der Waals surface area contributed by atoms with Gasteiger partial charge in [-0.1, -0.05) is 41.9 Å². The summed E-state index contributed by atoms with van der Waals surface area (Å²) in [7, 11) is 0. The Morgan fingerprint density at radius 1 is 1.11 bits per heavy atom. The fourth-order valence-corrected chi connectivity index (χ4v) is 3.95. The quantitative estimate of drug-likeness (QED) is 0.482. The van der Waals surface area contributed by atoms with Crippen molar-refractivity contribution in [1.29, 1.82) is 0 Å². The van der Waals surface area contributed by atoms with E-state index in [1.807, 2.05) is 30.3 Å². The molecule has 4 rings (SSSR count). The van der Waals surface area contributed by atoms with Crippen molar-refractivity contribution in [3.8, 4) is 0 Å². The molecule has 2 saturated heterocycles. The molecule has 0 saturated carbocycles. The normalized spacial score (nSPS) is 24.1. The van der Waals surface area contributed by atoms with Crippen molar-refractivity contribution in [2.24, 2.45) is 0 Å². The van der Waals surface area contributed by atoms with Gasteiger partial charge in [-0.15, -0.1) is 0 Å². The molecule has 0 aliphatic carbocycles. The van der Waals surface area contributed by atoms with Gasteiger partial charge in [0.15, 0.2) is 0 Å². The number of benzene rings is 2. The number of carbonyl (C=O) groups is 2. The average Bonchev–Trinajstić information content (AvgIpc) is 3.31. The molecular formula is C22H20ClNO4. The molecule has 28 heavy (non-hydrogen) atoms. The Morgan fingerprint density at radius 3 is 2.46 bits per heavy atom. The van der Waals surface area contributed by atoms with Gasteiger partial charge in [0.2, 0.25) is 0 Å². The van der Waals surface area contributed by atoms with Gasteiger partial charge in [0.05, 0.1) is 17.7 Å². The van der Waals surface area contributed by atoms with Crippen LogP contribution in [0, 0.1) is 0 Å². The van der Waals surface area contributed by atoms with E-state index in [1.54, 1.807) is 24.3 Å². The SMILES string of the molecule is O=C1C(=O)N(C[C@H]2CCCO2)[C@@H](c2ccccc2)/C1=C(\O)c1ccc(Cl)cc1. The summed E-state index contributed by atoms with van der Waals surface area (Å²) in [5.41, 5.74) is 1.31. The second-order valence-corrected chi connectivity index (χ2v) is 7.44. The number of ether oxygens (including phenoxy) is 1. The van der Waals surface area contributed by atoms with E-state index in [-0.39, 0.29) is 17.4 Å². The van der Waals surface area contributed by atoms with E-state index in [0.717, 1.165) is 18.4 Å². The van der Waals surface area contributed by atoms with Crippen LogP contribution in [0.1, 0.15) is 30.0 Å². The number of amides is 1. The first-order valence-electron chi connectivity index (χ1n) is 9.27. The maximum absolute atomic E-state index is 12.9. The third-order valence-corrected chi connectivity index (χ3v) is 5.45. The molecule has 0 bridgehead atoms. The van der Waals surface area contributed by atoms with Crippen molar-refractivity contribution in [3.05, 3.63) is 76.3 Å². The Labute approximate surface area is 168 Å². The lowest BCUT2D eigenvalue weighted by atomic mass is 9.95. The van der Waals surface area contributed by atoms with Crippen LogP contribution in [0.25, 0.3) is 5.76 Å². The summed E-state index contributed by atoms with van der Waals surface area (Å²) in [4.78, 5) is 27.2. The van der Waals surface area contributed by atoms with Crippen LogP contribution < -0.4 is 0 Å². The first kappa shape index (κ1) is 18.7. The minimum absolute atomic E-state index is 0.0940. The number of aliphatic hydroxyl groups excluding tert-OH is 1. The molecule has 0 unspecified atom stereocenters. The Bertz CT molecular complexity index is 917. The summed E-state index contributed by atoms with van der Waals surface area (Å²) in [6.45, 7) is 0.983. The molecule has 2 heterocycles. The highest BCUT2D eigenvalue weighted by molar-refractivity contribution is 6.46. The average molecular weight is 398 g/mol. The number of nitrogens with zero attached hydrogens (tertiary/aromatic N) is 1. The Kier molecular flexibility index (Phi) is 5.20. The van der Waals surface area contributed by atoms with E-state index < -0.39 is 17.7 Å². The molecule has 144 valence electrons. The maximum Gasteiger partial charge on any atom is 0.295 e. The number of Topliss-reactive ketones (excluding diaryl/α,β-unsaturated/α-hetero) is 1. The molecule has 2 aromatic carbocycles. The zero-order valence-corrected chi connectivity index (χ0v) is 15.9. The van der Waals surface area contributed by atoms with Gasteiger partial charge in [-0.25, -0.2) is 0 Å². The van der Waals surface area contributed by atoms with Crippen LogP contribution in [0.4, 0.5) is 0 Å². The van der Waals surface area contributed by atoms with Crippen LogP contribution in [0.15, 0.2) is 60.2 Å². The highest BCUT2D eigenvalue weighted by Gasteiger charge is 2.46. The number of rotatable bonds is 4. The molecule has 1 N–H and O–H groups in total. The van der Waals surface area contributed by atoms with Crippen molar-refractivity contribution in [2.75, 3.05) is 13.2 Å². The fourth-order valence-electron chi connectivity index (χ4n) is 3.82. The second kappa shape index (κ2) is 7.78. The summed E-state index contributed by atoms with van der Waals surface area (Å²) in [6.07, 6.45) is 1.69. The minimum Gasteiger partial charge on any atom is -0.507 e. The van der Waals surface area contributed by atoms with Gasteiger partial charge in [-0.3, -0.25) is 9.59 Å². The topological polar surface area (TPSA) is 66.8 Å². The van der Waals surface area contributed by atoms with E-state index >= 15 is 0 Å². The van der Waals surface area contributed by atoms with E-state index in [9.17, 15) is 14.7 Å². The molecule has 0 spiro atoms. The third-order valence-electron chi connectivity index (χ3n) is 5.20. The molecule has 0 radical (unpaired) electrons. The van der Waals surface area contributed by atoms with Gasteiger partial charge in [0.1, 0.15) is 5.76 Å². The van der Waals surface area contributed by atoms with Crippen LogP contribution in [-0.2, 0) is 14.3 Å². The van der Waals surface area contributed by atoms with Gasteiger partial charge in [0, 0.05) is 23.7 Å². The van der Waals surface area contributed by atoms with Crippen molar-refractivity contribution in [1.82, 2.24) is 4.90 Å². The van der Waals surface area contributed by atoms with Gasteiger partial charge in [-0.2, -0.15) is 0 Å². The molecular weight excluding hydrogens is 378 g/mol. The zero-order valence-electron chi connectivity index (χ0n) is 15.2. The Morgan fingerprint density at radius 2 is 1.82 bits per heavy atom. The van der Waals surface area contributed by atoms with Crippen molar-refractivity contribution < 1.29 is 19.4 Å². The van der Waals surface area contributed by atoms with E-state index in [0.29, 0.717) is 23.7 Å². The molecule has 2 aromatic rings. The van der Waals surface area contributed by atoms with Gasteiger partial charge >= 0.3 is 0 Å². The number of hydrogen-bond acceptors (Lipinski definition) is 4. The van der Waals surface area contributed by atoms with E-state index in [2.05, 4.69) is 0 Å². The molecule has 5 nitrogen and oxygen atoms in total. The standard InChI is InChI=1S/C22H20ClNO4/c23-16-10-8-15(9-11-16)20(25)18-19(14-5-2-1-3-6-14)24(22(27)21(18)26)13-17-7-4-12-28-17/h1-3,5-6,8-11,17,19,25H,4,7,12-13H2/b20-18+/t17-,19+/m1/s1. The largest absolute Gasteiger partial charge is 0.507 e. The predicted molar refractivity (Wildman–Crippen MR) is 106 cm³/mol. The number of halogens is 1. The Balaban J connectivity index is 1.80. The van der Waals surface area contributed by atoms with Crippen LogP contribution in [0.3, 0.4) is 0 Å². The first-order chi connectivity index (χ1) is 13.6. The molecule has 2 atom stereocenters. The van der Waals surface area contributed by atoms with Gasteiger partial charge in [0.25, 0.3) is 11.7 Å². The Hall–Kier alpha value is -2.63. The van der Waals surface area contributed by atoms with Crippen LogP contribution in [0.5, 0.6) is 0 Å². The monoisotopic (exact) mass is 397 g/mol. The summed E-state index contributed by atoms with van der Waals surface area (Å²) < 4.78 is 5.68. The highest BCUT2D eigenvalue weighted by Crippen LogP contribution is 2.40. The number of likely N-dealkylation sites (tertiary alicyclic amines) is 1.